The van der Waals surface area contributed by atoms with Gasteiger partial charge in [0.1, 0.15) is 17.1 Å². The minimum Gasteiger partial charge on any atom is -0.495 e. The van der Waals surface area contributed by atoms with Crippen LogP contribution < -0.4 is 26.4 Å². The van der Waals surface area contributed by atoms with Gasteiger partial charge in [-0.05, 0) is 64.0 Å². The molecule has 9 nitrogen and oxygen atoms in total. The first-order chi connectivity index (χ1) is 17.6. The van der Waals surface area contributed by atoms with Crippen LogP contribution in [0.25, 0.3) is 0 Å². The summed E-state index contributed by atoms with van der Waals surface area (Å²) in [5, 5.41) is 8.88. The number of alkyl halides is 3. The number of methoxy groups -OCH3 is 1. The van der Waals surface area contributed by atoms with Gasteiger partial charge in [0.05, 0.1) is 12.8 Å². The number of piperidine rings is 1. The van der Waals surface area contributed by atoms with Crippen molar-refractivity contribution in [3.05, 3.63) is 35.5 Å². The predicted octanol–water partition coefficient (Wildman–Crippen LogP) is 3.75. The number of nitrogens with zero attached hydrogens (tertiary/aromatic N) is 3. The molecule has 5 N–H and O–H groups in total. The van der Waals surface area contributed by atoms with Gasteiger partial charge in [-0.25, -0.2) is 4.98 Å². The summed E-state index contributed by atoms with van der Waals surface area (Å²) in [6.07, 6.45) is 1.14. The Morgan fingerprint density at radius 2 is 1.89 bits per heavy atom. The molecule has 1 saturated heterocycles. The molecule has 0 radical (unpaired) electrons. The number of aromatic nitrogens is 2. The average molecular weight is 522 g/mol. The molecule has 12 heteroatoms. The minimum absolute atomic E-state index is 0.0401. The van der Waals surface area contributed by atoms with Crippen LogP contribution in [0.3, 0.4) is 0 Å². The lowest BCUT2D eigenvalue weighted by atomic mass is 9.91. The number of halogens is 3. The first kappa shape index (κ1) is 26.9. The summed E-state index contributed by atoms with van der Waals surface area (Å²) < 4.78 is 46.4. The molecule has 2 aliphatic rings. The Balaban J connectivity index is 1.51. The molecular weight excluding hydrogens is 487 g/mol. The second-order valence-corrected chi connectivity index (χ2v) is 9.74. The van der Waals surface area contributed by atoms with Gasteiger partial charge < -0.3 is 31.3 Å². The zero-order valence-electron chi connectivity index (χ0n) is 21.1. The Kier molecular flexibility index (Phi) is 8.38. The second kappa shape index (κ2) is 11.5. The molecule has 0 spiro atoms. The Morgan fingerprint density at radius 3 is 2.57 bits per heavy atom. The summed E-state index contributed by atoms with van der Waals surface area (Å²) in [6, 6.07) is 4.37. The summed E-state index contributed by atoms with van der Waals surface area (Å²) in [7, 11) is 3.50. The van der Waals surface area contributed by atoms with Crippen molar-refractivity contribution in [2.45, 2.75) is 62.8 Å². The first-order valence-corrected chi connectivity index (χ1v) is 12.5. The predicted molar refractivity (Wildman–Crippen MR) is 135 cm³/mol. The molecule has 2 aromatic rings. The van der Waals surface area contributed by atoms with Crippen molar-refractivity contribution in [1.82, 2.24) is 20.2 Å². The van der Waals surface area contributed by atoms with Gasteiger partial charge in [-0.3, -0.25) is 4.79 Å². The maximum atomic E-state index is 13.7. The zero-order valence-corrected chi connectivity index (χ0v) is 21.1. The number of hydrogen-bond donors (Lipinski definition) is 4. The molecule has 1 aliphatic heterocycles. The van der Waals surface area contributed by atoms with E-state index in [4.69, 9.17) is 10.5 Å². The van der Waals surface area contributed by atoms with Crippen molar-refractivity contribution >= 4 is 23.4 Å². The van der Waals surface area contributed by atoms with Crippen molar-refractivity contribution in [2.75, 3.05) is 37.9 Å². The lowest BCUT2D eigenvalue weighted by Gasteiger charge is -2.30. The molecule has 202 valence electrons. The van der Waals surface area contributed by atoms with Crippen molar-refractivity contribution in [2.24, 2.45) is 5.73 Å². The number of nitrogens with two attached hydrogens (primary N) is 1. The van der Waals surface area contributed by atoms with Crippen LogP contribution in [0.15, 0.2) is 24.4 Å². The molecule has 2 fully saturated rings. The highest BCUT2D eigenvalue weighted by atomic mass is 19.4. The van der Waals surface area contributed by atoms with E-state index in [0.29, 0.717) is 23.4 Å². The van der Waals surface area contributed by atoms with Crippen LogP contribution in [-0.4, -0.2) is 66.1 Å². The number of amides is 1. The topological polar surface area (TPSA) is 117 Å². The average Bonchev–Trinajstić information content (AvgIpc) is 2.86. The third-order valence-electron chi connectivity index (χ3n) is 7.00. The van der Waals surface area contributed by atoms with Crippen LogP contribution in [0.5, 0.6) is 5.75 Å². The summed E-state index contributed by atoms with van der Waals surface area (Å²) in [4.78, 5) is 23.0. The molecule has 1 saturated carbocycles. The van der Waals surface area contributed by atoms with Gasteiger partial charge >= 0.3 is 6.18 Å². The van der Waals surface area contributed by atoms with E-state index in [0.717, 1.165) is 51.4 Å². The van der Waals surface area contributed by atoms with Gasteiger partial charge in [0.25, 0.3) is 5.91 Å². The molecule has 0 bridgehead atoms. The van der Waals surface area contributed by atoms with Crippen molar-refractivity contribution in [1.29, 1.82) is 0 Å². The van der Waals surface area contributed by atoms with Gasteiger partial charge in [0, 0.05) is 29.9 Å². The number of anilines is 3. The summed E-state index contributed by atoms with van der Waals surface area (Å²) >= 11 is 0. The van der Waals surface area contributed by atoms with E-state index in [2.05, 4.69) is 37.9 Å². The van der Waals surface area contributed by atoms with E-state index in [1.54, 1.807) is 18.2 Å². The standard InChI is InChI=1S/C25H34F3N7O2/c1-35-11-9-16(10-12-35)31-23(36)15-7-8-20(21(13-15)37-2)33-24-30-14-17(25(26,27)28)22(34-24)32-19-6-4-3-5-18(19)29/h7-8,13-14,16,18-19H,3-6,9-12,29H2,1-2H3,(H,31,36)(H2,30,32,33,34)/t18-,19+/m1/s1. The highest BCUT2D eigenvalue weighted by Crippen LogP contribution is 2.36. The SMILES string of the molecule is COc1cc(C(=O)NC2CCN(C)CC2)ccc1Nc1ncc(C(F)(F)F)c(N[C@H]2CCCC[C@H]2N)n1. The zero-order chi connectivity index (χ0) is 26.6. The van der Waals surface area contributed by atoms with E-state index in [-0.39, 0.29) is 35.8 Å². The molecule has 2 atom stereocenters. The van der Waals surface area contributed by atoms with E-state index in [9.17, 15) is 18.0 Å². The van der Waals surface area contributed by atoms with Gasteiger partial charge in [0.2, 0.25) is 5.95 Å². The molecular formula is C25H34F3N7O2. The quantitative estimate of drug-likeness (QED) is 0.435. The summed E-state index contributed by atoms with van der Waals surface area (Å²) in [6.45, 7) is 1.85. The fourth-order valence-electron chi connectivity index (χ4n) is 4.75. The van der Waals surface area contributed by atoms with Crippen LogP contribution in [0, 0.1) is 0 Å². The molecule has 2 heterocycles. The number of nitrogens with one attached hydrogen (secondary N) is 3. The molecule has 0 unspecified atom stereocenters. The van der Waals surface area contributed by atoms with Crippen LogP contribution in [-0.2, 0) is 6.18 Å². The molecule has 1 aliphatic carbocycles. The second-order valence-electron chi connectivity index (χ2n) is 9.74. The summed E-state index contributed by atoms with van der Waals surface area (Å²) in [5.41, 5.74) is 6.02. The number of carbonyl (C=O) groups excluding carboxylic acids is 1. The minimum atomic E-state index is -4.62. The number of hydrogen-bond acceptors (Lipinski definition) is 8. The largest absolute Gasteiger partial charge is 0.495 e. The van der Waals surface area contributed by atoms with E-state index < -0.39 is 11.7 Å². The Labute approximate surface area is 214 Å². The van der Waals surface area contributed by atoms with Gasteiger partial charge in [-0.1, -0.05) is 12.8 Å². The molecule has 37 heavy (non-hydrogen) atoms. The monoisotopic (exact) mass is 521 g/mol. The Bertz CT molecular complexity index is 1090. The molecule has 1 aromatic heterocycles. The summed E-state index contributed by atoms with van der Waals surface area (Å²) in [5.74, 6) is -0.231. The fraction of sp³-hybridized carbons (Fsp3) is 0.560. The van der Waals surface area contributed by atoms with Crippen LogP contribution >= 0.6 is 0 Å². The Hall–Kier alpha value is -3.12. The smallest absolute Gasteiger partial charge is 0.421 e. The fourth-order valence-corrected chi connectivity index (χ4v) is 4.75. The number of likely N-dealkylation sites (tertiary alicyclic amines) is 1. The Morgan fingerprint density at radius 1 is 1.16 bits per heavy atom. The van der Waals surface area contributed by atoms with Crippen molar-refractivity contribution in [3.63, 3.8) is 0 Å². The van der Waals surface area contributed by atoms with Crippen molar-refractivity contribution in [3.8, 4) is 5.75 Å². The molecule has 4 rings (SSSR count). The van der Waals surface area contributed by atoms with Gasteiger partial charge in [-0.2, -0.15) is 18.2 Å². The van der Waals surface area contributed by atoms with Gasteiger partial charge in [0.15, 0.2) is 0 Å². The van der Waals surface area contributed by atoms with E-state index >= 15 is 0 Å². The highest BCUT2D eigenvalue weighted by molar-refractivity contribution is 5.95. The van der Waals surface area contributed by atoms with Crippen LogP contribution in [0.2, 0.25) is 0 Å². The third-order valence-corrected chi connectivity index (χ3v) is 7.00. The number of benzene rings is 1. The van der Waals surface area contributed by atoms with Gasteiger partial charge in [-0.15, -0.1) is 0 Å². The highest BCUT2D eigenvalue weighted by Gasteiger charge is 2.36. The van der Waals surface area contributed by atoms with E-state index in [1.807, 2.05) is 0 Å². The maximum Gasteiger partial charge on any atom is 0.421 e. The third kappa shape index (κ3) is 6.80. The van der Waals surface area contributed by atoms with E-state index in [1.165, 1.54) is 7.11 Å². The molecule has 1 amide bonds. The maximum absolute atomic E-state index is 13.7. The van der Waals surface area contributed by atoms with Crippen LogP contribution in [0.4, 0.5) is 30.6 Å². The van der Waals surface area contributed by atoms with Crippen molar-refractivity contribution < 1.29 is 22.7 Å². The van der Waals surface area contributed by atoms with Crippen LogP contribution in [0.1, 0.15) is 54.4 Å². The number of carbonyl (C=O) groups is 1. The first-order valence-electron chi connectivity index (χ1n) is 12.5. The normalized spacial score (nSPS) is 21.4. The number of rotatable bonds is 7. The number of ether oxygens (including phenoxy) is 1. The lowest BCUT2D eigenvalue weighted by molar-refractivity contribution is -0.137. The lowest BCUT2D eigenvalue weighted by Crippen LogP contribution is -2.43. The molecule has 1 aromatic carbocycles.